The first-order chi connectivity index (χ1) is 21.2. The number of esters is 1. The summed E-state index contributed by atoms with van der Waals surface area (Å²) < 4.78 is 25.7. The Balaban J connectivity index is 1.42. The van der Waals surface area contributed by atoms with Crippen molar-refractivity contribution in [1.29, 1.82) is 0 Å². The van der Waals surface area contributed by atoms with E-state index in [0.717, 1.165) is 61.9 Å². The summed E-state index contributed by atoms with van der Waals surface area (Å²) in [6.45, 7) is 6.93. The summed E-state index contributed by atoms with van der Waals surface area (Å²) in [5.41, 5.74) is 6.16. The molecule has 0 radical (unpaired) electrons. The van der Waals surface area contributed by atoms with Crippen LogP contribution in [0.1, 0.15) is 47.7 Å². The van der Waals surface area contributed by atoms with Crippen molar-refractivity contribution in [2.45, 2.75) is 46.4 Å². The molecule has 0 saturated carbocycles. The van der Waals surface area contributed by atoms with Crippen molar-refractivity contribution in [2.24, 2.45) is 0 Å². The fourth-order valence-electron chi connectivity index (χ4n) is 5.93. The summed E-state index contributed by atoms with van der Waals surface area (Å²) in [6.07, 6.45) is 5.42. The van der Waals surface area contributed by atoms with Crippen LogP contribution in [0.4, 0.5) is 0 Å². The highest BCUT2D eigenvalue weighted by Gasteiger charge is 2.27. The Bertz CT molecular complexity index is 1760. The third-order valence-electron chi connectivity index (χ3n) is 7.78. The number of allylic oxidation sites excluding steroid dienone is 1. The highest BCUT2D eigenvalue weighted by Crippen LogP contribution is 2.39. The van der Waals surface area contributed by atoms with Crippen molar-refractivity contribution in [2.75, 3.05) is 26.4 Å². The van der Waals surface area contributed by atoms with Crippen LogP contribution >= 0.6 is 0 Å². The number of hydrogen-bond donors (Lipinski definition) is 1. The number of para-hydroxylation sites is 1. The Morgan fingerprint density at radius 1 is 1.00 bits per heavy atom. The zero-order valence-electron chi connectivity index (χ0n) is 24.7. The van der Waals surface area contributed by atoms with Crippen LogP contribution in [0.2, 0.25) is 0 Å². The third-order valence-corrected chi connectivity index (χ3v) is 7.78. The second-order valence-corrected chi connectivity index (χ2v) is 10.4. The summed E-state index contributed by atoms with van der Waals surface area (Å²) in [6, 6.07) is 20.6. The molecule has 0 amide bonds. The van der Waals surface area contributed by atoms with Gasteiger partial charge in [-0.05, 0) is 43.7 Å². The fourth-order valence-corrected chi connectivity index (χ4v) is 5.93. The predicted molar refractivity (Wildman–Crippen MR) is 167 cm³/mol. The highest BCUT2D eigenvalue weighted by molar-refractivity contribution is 6.05. The number of nitrogens with zero attached hydrogens (tertiary/aromatic N) is 2. The van der Waals surface area contributed by atoms with Crippen LogP contribution in [0.15, 0.2) is 72.8 Å². The van der Waals surface area contributed by atoms with Gasteiger partial charge in [-0.25, -0.2) is 4.79 Å². The number of ether oxygens (including phenoxy) is 4. The molecule has 6 rings (SSSR count). The van der Waals surface area contributed by atoms with Crippen LogP contribution in [-0.2, 0) is 40.4 Å². The molecule has 1 aliphatic rings. The maximum atomic E-state index is 13.6. The highest BCUT2D eigenvalue weighted by atomic mass is 16.5. The lowest BCUT2D eigenvalue weighted by molar-refractivity contribution is 0.0513. The molecule has 0 atom stereocenters. The molecule has 1 N–H and O–H groups in total. The first-order valence-electron chi connectivity index (χ1n) is 15.0. The Morgan fingerprint density at radius 3 is 2.72 bits per heavy atom. The summed E-state index contributed by atoms with van der Waals surface area (Å²) >= 11 is 0. The molecule has 0 spiro atoms. The molecule has 1 aliphatic heterocycles. The minimum Gasteiger partial charge on any atom is -0.493 e. The van der Waals surface area contributed by atoms with Gasteiger partial charge in [0.1, 0.15) is 11.4 Å². The quantitative estimate of drug-likeness (QED) is 0.109. The van der Waals surface area contributed by atoms with Crippen molar-refractivity contribution in [3.63, 3.8) is 0 Å². The molecule has 0 saturated heterocycles. The first kappa shape index (κ1) is 28.7. The molecule has 0 aliphatic carbocycles. The molecular formula is C35H37N3O5. The number of H-pyrrole nitrogens is 1. The van der Waals surface area contributed by atoms with Gasteiger partial charge in [0.2, 0.25) is 0 Å². The molecule has 2 aromatic heterocycles. The molecule has 222 valence electrons. The van der Waals surface area contributed by atoms with Gasteiger partial charge in [0.05, 0.1) is 49.9 Å². The lowest BCUT2D eigenvalue weighted by Crippen LogP contribution is -2.14. The number of benzene rings is 3. The molecule has 0 fully saturated rings. The van der Waals surface area contributed by atoms with Crippen LogP contribution in [0.25, 0.3) is 32.8 Å². The van der Waals surface area contributed by atoms with Crippen molar-refractivity contribution in [1.82, 2.24) is 14.8 Å². The number of carbonyl (C=O) groups excluding carboxylic acids is 1. The number of carbonyl (C=O) groups is 1. The number of aromatic amines is 1. The van der Waals surface area contributed by atoms with Gasteiger partial charge in [-0.3, -0.25) is 5.10 Å². The molecular weight excluding hydrogens is 542 g/mol. The fraction of sp³-hybridized carbons (Fsp3) is 0.314. The topological polar surface area (TPSA) is 87.6 Å². The van der Waals surface area contributed by atoms with Crippen LogP contribution in [0, 0.1) is 0 Å². The van der Waals surface area contributed by atoms with Crippen LogP contribution in [-0.4, -0.2) is 47.2 Å². The van der Waals surface area contributed by atoms with Crippen LogP contribution in [0.3, 0.4) is 0 Å². The van der Waals surface area contributed by atoms with E-state index in [1.165, 1.54) is 0 Å². The van der Waals surface area contributed by atoms with E-state index < -0.39 is 0 Å². The number of aromatic nitrogens is 3. The van der Waals surface area contributed by atoms with E-state index >= 15 is 0 Å². The van der Waals surface area contributed by atoms with E-state index in [-0.39, 0.29) is 5.97 Å². The molecule has 43 heavy (non-hydrogen) atoms. The van der Waals surface area contributed by atoms with E-state index in [9.17, 15) is 4.79 Å². The van der Waals surface area contributed by atoms with E-state index in [2.05, 4.69) is 45.1 Å². The van der Waals surface area contributed by atoms with Gasteiger partial charge in [-0.2, -0.15) is 5.10 Å². The first-order valence-corrected chi connectivity index (χ1v) is 15.0. The van der Waals surface area contributed by atoms with E-state index in [1.54, 1.807) is 0 Å². The summed E-state index contributed by atoms with van der Waals surface area (Å²) in [5.74, 6) is 0.542. The molecule has 0 bridgehead atoms. The lowest BCUT2D eigenvalue weighted by atomic mass is 9.98. The van der Waals surface area contributed by atoms with Crippen molar-refractivity contribution >= 4 is 27.6 Å². The Labute approximate surface area is 251 Å². The number of rotatable bonds is 10. The summed E-state index contributed by atoms with van der Waals surface area (Å²) in [5, 5.41) is 11.0. The molecule has 5 aromatic rings. The third kappa shape index (κ3) is 5.81. The van der Waals surface area contributed by atoms with Gasteiger partial charge >= 0.3 is 5.97 Å². The maximum Gasteiger partial charge on any atom is 0.355 e. The van der Waals surface area contributed by atoms with E-state index in [4.69, 9.17) is 18.9 Å². The van der Waals surface area contributed by atoms with Crippen molar-refractivity contribution in [3.05, 3.63) is 95.5 Å². The smallest absolute Gasteiger partial charge is 0.355 e. The maximum absolute atomic E-state index is 13.6. The van der Waals surface area contributed by atoms with Gasteiger partial charge in [0.25, 0.3) is 0 Å². The lowest BCUT2D eigenvalue weighted by Gasteiger charge is -2.13. The average Bonchev–Trinajstić information content (AvgIpc) is 3.57. The minimum atomic E-state index is -0.323. The standard InChI is InChI=1S/C35H37N3O5/c1-3-40-22-29-32-28-16-10-15-26-27(17-11-21-43-31-18-9-13-24-12-5-6-14-25(24)31)34(35(39)42-4-2)38(33(26)28)19-7-8-20-41-23-30(32)37-36-29/h5-10,12-16,18H,3-4,11,17,19-23H2,1-2H3,(H,36,37)/b8-7-. The monoisotopic (exact) mass is 579 g/mol. The molecule has 0 unspecified atom stereocenters. The zero-order valence-corrected chi connectivity index (χ0v) is 24.7. The largest absolute Gasteiger partial charge is 0.493 e. The summed E-state index contributed by atoms with van der Waals surface area (Å²) in [7, 11) is 0. The van der Waals surface area contributed by atoms with E-state index in [0.29, 0.717) is 58.3 Å². The molecule has 8 nitrogen and oxygen atoms in total. The molecule has 3 heterocycles. The minimum absolute atomic E-state index is 0.297. The second-order valence-electron chi connectivity index (χ2n) is 10.4. The van der Waals surface area contributed by atoms with Crippen LogP contribution < -0.4 is 4.74 Å². The summed E-state index contributed by atoms with van der Waals surface area (Å²) in [4.78, 5) is 13.6. The van der Waals surface area contributed by atoms with Gasteiger partial charge < -0.3 is 23.5 Å². The van der Waals surface area contributed by atoms with Crippen LogP contribution in [0.5, 0.6) is 5.75 Å². The number of aryl methyl sites for hydroxylation is 1. The average molecular weight is 580 g/mol. The predicted octanol–water partition coefficient (Wildman–Crippen LogP) is 7.00. The Hall–Kier alpha value is -4.40. The Morgan fingerprint density at radius 2 is 1.84 bits per heavy atom. The number of fused-ring (bicyclic) bond motifs is 3. The van der Waals surface area contributed by atoms with Gasteiger partial charge in [-0.15, -0.1) is 0 Å². The van der Waals surface area contributed by atoms with Gasteiger partial charge in [-0.1, -0.05) is 66.7 Å². The number of hydrogen-bond acceptors (Lipinski definition) is 6. The Kier molecular flexibility index (Phi) is 8.86. The SMILES string of the molecule is CCOCc1n[nH]c2c1-c1cccc3c(CCCOc4cccc5ccccc45)c(C(=O)OCC)n(c13)C/C=C\COC2. The molecule has 8 heteroatoms. The van der Waals surface area contributed by atoms with Gasteiger partial charge in [0.15, 0.2) is 0 Å². The van der Waals surface area contributed by atoms with Gasteiger partial charge in [0, 0.05) is 35.1 Å². The molecule has 3 aromatic carbocycles. The number of nitrogens with one attached hydrogen (secondary N) is 1. The second kappa shape index (κ2) is 13.3. The zero-order chi connectivity index (χ0) is 29.6. The van der Waals surface area contributed by atoms with Crippen molar-refractivity contribution in [3.8, 4) is 16.9 Å². The normalized spacial score (nSPS) is 13.9. The van der Waals surface area contributed by atoms with E-state index in [1.807, 2.05) is 56.3 Å². The van der Waals surface area contributed by atoms with Crippen molar-refractivity contribution < 1.29 is 23.7 Å².